The number of benzene rings is 2. The molecule has 0 heterocycles. The number of esters is 4. The van der Waals surface area contributed by atoms with Crippen molar-refractivity contribution in [2.45, 2.75) is 11.2 Å². The Labute approximate surface area is 235 Å². The summed E-state index contributed by atoms with van der Waals surface area (Å²) in [7, 11) is 3.68. The van der Waals surface area contributed by atoms with Gasteiger partial charge in [0, 0.05) is 11.1 Å². The molecule has 16 heteroatoms. The summed E-state index contributed by atoms with van der Waals surface area (Å²) in [5.41, 5.74) is -13.3. The SMILES string of the molecule is COC(=O)c1ccc(C(=O)C(O)(C(=O)O)C(O)(C(=O)O)C(=O)c2ccc(C(=O)OC)c(C(=O)OC)c2)cc1C(=O)OC. The lowest BCUT2D eigenvalue weighted by molar-refractivity contribution is -0.187. The number of carbonyl (C=O) groups excluding carboxylic acids is 6. The summed E-state index contributed by atoms with van der Waals surface area (Å²) in [6.45, 7) is 0. The van der Waals surface area contributed by atoms with Crippen molar-refractivity contribution < 1.29 is 77.7 Å². The highest BCUT2D eigenvalue weighted by Gasteiger charge is 2.70. The molecule has 0 aromatic heterocycles. The minimum absolute atomic E-state index is 0.481. The summed E-state index contributed by atoms with van der Waals surface area (Å²) < 4.78 is 18.0. The van der Waals surface area contributed by atoms with E-state index in [-0.39, 0.29) is 0 Å². The van der Waals surface area contributed by atoms with E-state index in [1.54, 1.807) is 0 Å². The fourth-order valence-electron chi connectivity index (χ4n) is 3.75. The van der Waals surface area contributed by atoms with Crippen LogP contribution < -0.4 is 0 Å². The van der Waals surface area contributed by atoms with Gasteiger partial charge >= 0.3 is 35.8 Å². The number of carboxylic acids is 2. The fraction of sp³-hybridized carbons (Fsp3) is 0.231. The van der Waals surface area contributed by atoms with E-state index in [0.717, 1.165) is 40.6 Å². The third kappa shape index (κ3) is 5.30. The standard InChI is InChI=1S/C26H22O16/c1-39-19(29)13-7-5-11(9-15(13)21(31)41-3)17(27)25(37,23(33)34)26(38,24(35)36)18(28)12-6-8-14(20(30)40-2)16(10-12)22(32)42-4/h5-10,37-38H,1-4H3,(H,33,34)(H,35,36). The van der Waals surface area contributed by atoms with Gasteiger partial charge in [-0.1, -0.05) is 12.1 Å². The van der Waals surface area contributed by atoms with Gasteiger partial charge in [-0.15, -0.1) is 0 Å². The number of methoxy groups -OCH3 is 4. The van der Waals surface area contributed by atoms with Crippen LogP contribution in [0.1, 0.15) is 62.1 Å². The summed E-state index contributed by atoms with van der Waals surface area (Å²) in [6.07, 6.45) is 0. The molecular formula is C26H22O16. The van der Waals surface area contributed by atoms with E-state index < -0.39 is 92.0 Å². The first-order valence-electron chi connectivity index (χ1n) is 11.2. The maximum atomic E-state index is 13.4. The molecular weight excluding hydrogens is 568 g/mol. The molecule has 0 saturated heterocycles. The van der Waals surface area contributed by atoms with Crippen LogP contribution in [0.2, 0.25) is 0 Å². The number of carboxylic acid groups (broad SMARTS) is 2. The smallest absolute Gasteiger partial charge is 0.348 e. The highest BCUT2D eigenvalue weighted by Crippen LogP contribution is 2.33. The molecule has 2 atom stereocenters. The predicted molar refractivity (Wildman–Crippen MR) is 132 cm³/mol. The number of aliphatic hydroxyl groups is 2. The maximum absolute atomic E-state index is 13.4. The van der Waals surface area contributed by atoms with Crippen LogP contribution in [0.15, 0.2) is 36.4 Å². The van der Waals surface area contributed by atoms with Crippen molar-refractivity contribution in [2.24, 2.45) is 0 Å². The van der Waals surface area contributed by atoms with Crippen LogP contribution in [0, 0.1) is 0 Å². The largest absolute Gasteiger partial charge is 0.479 e. The third-order valence-corrected chi connectivity index (χ3v) is 5.98. The normalized spacial score (nSPS) is 13.4. The Balaban J connectivity index is 2.85. The second-order valence-corrected chi connectivity index (χ2v) is 8.18. The molecule has 0 radical (unpaired) electrons. The van der Waals surface area contributed by atoms with Crippen molar-refractivity contribution in [1.82, 2.24) is 0 Å². The topological polar surface area (TPSA) is 254 Å². The van der Waals surface area contributed by atoms with Crippen LogP contribution in [-0.2, 0) is 28.5 Å². The Bertz CT molecular complexity index is 1410. The first kappa shape index (κ1) is 32.7. The monoisotopic (exact) mass is 590 g/mol. The van der Waals surface area contributed by atoms with Crippen LogP contribution in [0.4, 0.5) is 0 Å². The highest BCUT2D eigenvalue weighted by molar-refractivity contribution is 6.29. The van der Waals surface area contributed by atoms with Gasteiger partial charge in [-0.05, 0) is 24.3 Å². The van der Waals surface area contributed by atoms with Gasteiger partial charge in [0.1, 0.15) is 0 Å². The molecule has 0 bridgehead atoms. The van der Waals surface area contributed by atoms with Crippen molar-refractivity contribution in [2.75, 3.05) is 28.4 Å². The summed E-state index contributed by atoms with van der Waals surface area (Å²) in [5, 5.41) is 41.8. The lowest BCUT2D eigenvalue weighted by Crippen LogP contribution is -2.71. The zero-order valence-corrected chi connectivity index (χ0v) is 22.2. The fourth-order valence-corrected chi connectivity index (χ4v) is 3.75. The number of ether oxygens (including phenoxy) is 4. The maximum Gasteiger partial charge on any atom is 0.348 e. The van der Waals surface area contributed by atoms with E-state index >= 15 is 0 Å². The molecule has 0 aliphatic carbocycles. The van der Waals surface area contributed by atoms with Crippen LogP contribution in [-0.4, -0.2) is 107 Å². The van der Waals surface area contributed by atoms with Gasteiger partial charge in [0.25, 0.3) is 11.2 Å². The molecule has 0 spiro atoms. The van der Waals surface area contributed by atoms with E-state index in [9.17, 15) is 58.8 Å². The van der Waals surface area contributed by atoms with Gasteiger partial charge < -0.3 is 39.4 Å². The molecule has 2 unspecified atom stereocenters. The molecule has 42 heavy (non-hydrogen) atoms. The Kier molecular flexibility index (Phi) is 9.63. The van der Waals surface area contributed by atoms with Crippen LogP contribution in [0.25, 0.3) is 0 Å². The van der Waals surface area contributed by atoms with Crippen molar-refractivity contribution >= 4 is 47.4 Å². The molecule has 16 nitrogen and oxygen atoms in total. The Morgan fingerprint density at radius 1 is 0.500 bits per heavy atom. The van der Waals surface area contributed by atoms with E-state index in [4.69, 9.17) is 0 Å². The second-order valence-electron chi connectivity index (χ2n) is 8.18. The molecule has 222 valence electrons. The van der Waals surface area contributed by atoms with Crippen LogP contribution in [0.3, 0.4) is 0 Å². The number of ketones is 2. The van der Waals surface area contributed by atoms with Gasteiger partial charge in [-0.3, -0.25) is 9.59 Å². The van der Waals surface area contributed by atoms with Gasteiger partial charge in [-0.2, -0.15) is 0 Å². The molecule has 0 aliphatic heterocycles. The Hall–Kier alpha value is -5.48. The number of aliphatic carboxylic acids is 2. The van der Waals surface area contributed by atoms with Crippen LogP contribution in [0.5, 0.6) is 0 Å². The first-order valence-corrected chi connectivity index (χ1v) is 11.2. The Morgan fingerprint density at radius 2 is 0.762 bits per heavy atom. The summed E-state index contributed by atoms with van der Waals surface area (Å²) in [4.78, 5) is 99.9. The van der Waals surface area contributed by atoms with Crippen LogP contribution >= 0.6 is 0 Å². The summed E-state index contributed by atoms with van der Waals surface area (Å²) in [6, 6.07) is 4.01. The Morgan fingerprint density at radius 3 is 1.00 bits per heavy atom. The minimum Gasteiger partial charge on any atom is -0.479 e. The van der Waals surface area contributed by atoms with Crippen molar-refractivity contribution in [3.05, 3.63) is 69.8 Å². The van der Waals surface area contributed by atoms with Gasteiger partial charge in [0.05, 0.1) is 50.7 Å². The van der Waals surface area contributed by atoms with Gasteiger partial charge in [-0.25, -0.2) is 28.8 Å². The van der Waals surface area contributed by atoms with E-state index in [0.29, 0.717) is 24.3 Å². The van der Waals surface area contributed by atoms with Crippen molar-refractivity contribution in [3.8, 4) is 0 Å². The molecule has 0 amide bonds. The highest BCUT2D eigenvalue weighted by atomic mass is 16.5. The number of rotatable bonds is 11. The lowest BCUT2D eigenvalue weighted by Gasteiger charge is -2.34. The quantitative estimate of drug-likeness (QED) is 0.112. The predicted octanol–water partition coefficient (Wildman–Crippen LogP) is -0.470. The van der Waals surface area contributed by atoms with Gasteiger partial charge in [0.2, 0.25) is 11.6 Å². The molecule has 2 rings (SSSR count). The molecule has 4 N–H and O–H groups in total. The lowest BCUT2D eigenvalue weighted by atomic mass is 9.72. The molecule has 0 aliphatic rings. The zero-order valence-electron chi connectivity index (χ0n) is 22.2. The van der Waals surface area contributed by atoms with E-state index in [1.165, 1.54) is 0 Å². The van der Waals surface area contributed by atoms with Crippen molar-refractivity contribution in [1.29, 1.82) is 0 Å². The third-order valence-electron chi connectivity index (χ3n) is 5.98. The molecule has 2 aromatic rings. The van der Waals surface area contributed by atoms with Crippen molar-refractivity contribution in [3.63, 3.8) is 0 Å². The minimum atomic E-state index is -4.50. The van der Waals surface area contributed by atoms with Gasteiger partial charge in [0.15, 0.2) is 0 Å². The molecule has 0 saturated carbocycles. The number of Topliss-reactive ketones (excluding diaryl/α,β-unsaturated/α-hetero) is 2. The summed E-state index contributed by atoms with van der Waals surface area (Å²) in [5.74, 6) is -14.4. The zero-order chi connectivity index (χ0) is 32.2. The number of hydrogen-bond donors (Lipinski definition) is 4. The first-order chi connectivity index (χ1) is 19.6. The number of carbonyl (C=O) groups is 8. The number of hydrogen-bond acceptors (Lipinski definition) is 14. The van der Waals surface area contributed by atoms with E-state index in [2.05, 4.69) is 18.9 Å². The van der Waals surface area contributed by atoms with E-state index in [1.807, 2.05) is 0 Å². The average Bonchev–Trinajstić information content (AvgIpc) is 3.00. The summed E-state index contributed by atoms with van der Waals surface area (Å²) >= 11 is 0. The molecule has 2 aromatic carbocycles. The molecule has 0 fully saturated rings. The average molecular weight is 590 g/mol. The second kappa shape index (κ2) is 12.4.